The number of hydrogen-bond donors (Lipinski definition) is 1. The highest BCUT2D eigenvalue weighted by Gasteiger charge is 2.01. The van der Waals surface area contributed by atoms with Crippen LogP contribution in [0.15, 0.2) is 48.0 Å². The summed E-state index contributed by atoms with van der Waals surface area (Å²) in [5, 5.41) is 8.48. The molecule has 0 aliphatic carbocycles. The molecule has 2 rings (SSSR count). The van der Waals surface area contributed by atoms with Crippen molar-refractivity contribution in [1.82, 2.24) is 0 Å². The number of rotatable bonds is 4. The third-order valence-electron chi connectivity index (χ3n) is 3.18. The molecule has 2 aromatic carbocycles. The first kappa shape index (κ1) is 19.3. The van der Waals surface area contributed by atoms with E-state index in [0.29, 0.717) is 5.56 Å². The van der Waals surface area contributed by atoms with Crippen molar-refractivity contribution >= 4 is 12.0 Å². The van der Waals surface area contributed by atoms with E-state index in [1.165, 1.54) is 5.57 Å². The molecule has 0 amide bonds. The second kappa shape index (κ2) is 9.40. The average Bonchev–Trinajstić information content (AvgIpc) is 2.55. The summed E-state index contributed by atoms with van der Waals surface area (Å²) in [6.45, 7) is 6.03. The van der Waals surface area contributed by atoms with Gasteiger partial charge in [0, 0.05) is 5.56 Å². The highest BCUT2D eigenvalue weighted by Crippen LogP contribution is 2.25. The summed E-state index contributed by atoms with van der Waals surface area (Å²) >= 11 is 0. The fourth-order valence-corrected chi connectivity index (χ4v) is 1.96. The predicted molar refractivity (Wildman–Crippen MR) is 97.0 cm³/mol. The number of allylic oxidation sites excluding steroid dienone is 1. The minimum atomic E-state index is -0.875. The number of carboxylic acids is 1. The van der Waals surface area contributed by atoms with Crippen LogP contribution in [0.5, 0.6) is 11.5 Å². The summed E-state index contributed by atoms with van der Waals surface area (Å²) in [5.74, 6) is 0.838. The molecule has 1 N–H and O–H groups in total. The Labute approximate surface area is 143 Å². The Kier molecular flexibility index (Phi) is 7.56. The number of ether oxygens (including phenoxy) is 2. The van der Waals surface area contributed by atoms with Crippen LogP contribution >= 0.6 is 0 Å². The van der Waals surface area contributed by atoms with E-state index in [4.69, 9.17) is 14.6 Å². The lowest BCUT2D eigenvalue weighted by Crippen LogP contribution is -1.94. The molecule has 0 fully saturated rings. The standard InChI is InChI=1S/C12H16O2.C8H8O2/c1-9(2)7-10-8-11(13-3)5-6-12(10)14-4;1-6-2-4-7(5-3-6)8(9)10/h5-8H,1-4H3;2-5H,1H3,(H,9,10). The Balaban J connectivity index is 0.000000254. The molecular weight excluding hydrogens is 304 g/mol. The van der Waals surface area contributed by atoms with E-state index in [9.17, 15) is 4.79 Å². The van der Waals surface area contributed by atoms with Crippen LogP contribution in [0.2, 0.25) is 0 Å². The van der Waals surface area contributed by atoms with E-state index in [1.54, 1.807) is 38.5 Å². The van der Waals surface area contributed by atoms with Crippen LogP contribution in [0, 0.1) is 6.92 Å². The van der Waals surface area contributed by atoms with Gasteiger partial charge in [-0.05, 0) is 51.1 Å². The molecular formula is C20H24O4. The van der Waals surface area contributed by atoms with E-state index in [0.717, 1.165) is 22.6 Å². The fourth-order valence-electron chi connectivity index (χ4n) is 1.96. The summed E-state index contributed by atoms with van der Waals surface area (Å²) in [7, 11) is 3.33. The average molecular weight is 328 g/mol. The molecule has 24 heavy (non-hydrogen) atoms. The number of methoxy groups -OCH3 is 2. The van der Waals surface area contributed by atoms with Gasteiger partial charge >= 0.3 is 5.97 Å². The fraction of sp³-hybridized carbons (Fsp3) is 0.250. The summed E-state index contributed by atoms with van der Waals surface area (Å²) in [5.41, 5.74) is 3.69. The molecule has 0 radical (unpaired) electrons. The Morgan fingerprint density at radius 2 is 1.62 bits per heavy atom. The number of aryl methyl sites for hydroxylation is 1. The lowest BCUT2D eigenvalue weighted by molar-refractivity contribution is 0.0697. The molecule has 4 nitrogen and oxygen atoms in total. The third-order valence-corrected chi connectivity index (χ3v) is 3.18. The van der Waals surface area contributed by atoms with Crippen LogP contribution in [0.25, 0.3) is 6.08 Å². The first-order chi connectivity index (χ1) is 11.4. The van der Waals surface area contributed by atoms with E-state index >= 15 is 0 Å². The van der Waals surface area contributed by atoms with E-state index < -0.39 is 5.97 Å². The van der Waals surface area contributed by atoms with E-state index in [-0.39, 0.29) is 0 Å². The number of carboxylic acid groups (broad SMARTS) is 1. The van der Waals surface area contributed by atoms with Crippen LogP contribution in [0.4, 0.5) is 0 Å². The van der Waals surface area contributed by atoms with Crippen molar-refractivity contribution in [2.24, 2.45) is 0 Å². The molecule has 0 aliphatic heterocycles. The lowest BCUT2D eigenvalue weighted by atomic mass is 10.1. The Hall–Kier alpha value is -2.75. The van der Waals surface area contributed by atoms with Crippen molar-refractivity contribution in [2.45, 2.75) is 20.8 Å². The van der Waals surface area contributed by atoms with Gasteiger partial charge in [-0.3, -0.25) is 0 Å². The van der Waals surface area contributed by atoms with Crippen LogP contribution < -0.4 is 9.47 Å². The monoisotopic (exact) mass is 328 g/mol. The van der Waals surface area contributed by atoms with Gasteiger partial charge in [0.2, 0.25) is 0 Å². The molecule has 0 spiro atoms. The second-order valence-corrected chi connectivity index (χ2v) is 5.50. The van der Waals surface area contributed by atoms with Crippen molar-refractivity contribution in [1.29, 1.82) is 0 Å². The smallest absolute Gasteiger partial charge is 0.335 e. The molecule has 128 valence electrons. The zero-order valence-corrected chi connectivity index (χ0v) is 14.8. The maximum Gasteiger partial charge on any atom is 0.335 e. The molecule has 4 heteroatoms. The molecule has 0 unspecified atom stereocenters. The van der Waals surface area contributed by atoms with Crippen molar-refractivity contribution in [3.05, 3.63) is 64.7 Å². The van der Waals surface area contributed by atoms with Gasteiger partial charge in [-0.1, -0.05) is 29.3 Å². The van der Waals surface area contributed by atoms with Gasteiger partial charge in [0.1, 0.15) is 11.5 Å². The molecule has 0 saturated carbocycles. The van der Waals surface area contributed by atoms with E-state index in [2.05, 4.69) is 19.9 Å². The normalized spacial score (nSPS) is 9.38. The second-order valence-electron chi connectivity index (χ2n) is 5.50. The van der Waals surface area contributed by atoms with Crippen LogP contribution in [0.1, 0.15) is 35.3 Å². The number of aromatic carboxylic acids is 1. The SMILES string of the molecule is COc1ccc(OC)c(C=C(C)C)c1.Cc1ccc(C(=O)O)cc1. The first-order valence-corrected chi connectivity index (χ1v) is 7.54. The summed E-state index contributed by atoms with van der Waals surface area (Å²) < 4.78 is 10.4. The number of benzene rings is 2. The maximum absolute atomic E-state index is 10.3. The zero-order chi connectivity index (χ0) is 18.1. The molecule has 0 saturated heterocycles. The first-order valence-electron chi connectivity index (χ1n) is 7.54. The lowest BCUT2D eigenvalue weighted by Gasteiger charge is -2.07. The Morgan fingerprint density at radius 3 is 2.08 bits per heavy atom. The minimum Gasteiger partial charge on any atom is -0.497 e. The topological polar surface area (TPSA) is 55.8 Å². The van der Waals surface area contributed by atoms with Gasteiger partial charge in [0.25, 0.3) is 0 Å². The molecule has 0 heterocycles. The van der Waals surface area contributed by atoms with Gasteiger partial charge in [-0.25, -0.2) is 4.79 Å². The zero-order valence-electron chi connectivity index (χ0n) is 14.8. The van der Waals surface area contributed by atoms with Gasteiger partial charge in [-0.15, -0.1) is 0 Å². The van der Waals surface area contributed by atoms with Crippen LogP contribution in [0.3, 0.4) is 0 Å². The van der Waals surface area contributed by atoms with Crippen molar-refractivity contribution in [3.63, 3.8) is 0 Å². The van der Waals surface area contributed by atoms with Crippen LogP contribution in [-0.4, -0.2) is 25.3 Å². The molecule has 0 aliphatic rings. The van der Waals surface area contributed by atoms with Gasteiger partial charge in [-0.2, -0.15) is 0 Å². The number of carbonyl (C=O) groups is 1. The highest BCUT2D eigenvalue weighted by molar-refractivity contribution is 5.87. The van der Waals surface area contributed by atoms with Crippen molar-refractivity contribution in [3.8, 4) is 11.5 Å². The van der Waals surface area contributed by atoms with Crippen LogP contribution in [-0.2, 0) is 0 Å². The third kappa shape index (κ3) is 6.16. The van der Waals surface area contributed by atoms with Crippen molar-refractivity contribution < 1.29 is 19.4 Å². The molecule has 0 atom stereocenters. The van der Waals surface area contributed by atoms with E-state index in [1.807, 2.05) is 25.1 Å². The number of hydrogen-bond acceptors (Lipinski definition) is 3. The quantitative estimate of drug-likeness (QED) is 0.874. The predicted octanol–water partition coefficient (Wildman–Crippen LogP) is 4.82. The molecule has 0 bridgehead atoms. The van der Waals surface area contributed by atoms with Gasteiger partial charge in [0.05, 0.1) is 19.8 Å². The highest BCUT2D eigenvalue weighted by atomic mass is 16.5. The minimum absolute atomic E-state index is 0.339. The summed E-state index contributed by atoms with van der Waals surface area (Å²) in [6.07, 6.45) is 2.07. The Bertz CT molecular complexity index is 696. The van der Waals surface area contributed by atoms with Crippen molar-refractivity contribution in [2.75, 3.05) is 14.2 Å². The molecule has 0 aromatic heterocycles. The maximum atomic E-state index is 10.3. The molecule has 2 aromatic rings. The Morgan fingerprint density at radius 1 is 1.00 bits per heavy atom. The summed E-state index contributed by atoms with van der Waals surface area (Å²) in [4.78, 5) is 10.3. The largest absolute Gasteiger partial charge is 0.497 e. The van der Waals surface area contributed by atoms with Gasteiger partial charge in [0.15, 0.2) is 0 Å². The van der Waals surface area contributed by atoms with Gasteiger partial charge < -0.3 is 14.6 Å². The summed E-state index contributed by atoms with van der Waals surface area (Å²) in [6, 6.07) is 12.5.